The van der Waals surface area contributed by atoms with Gasteiger partial charge in [-0.15, -0.1) is 0 Å². The number of aryl methyl sites for hydroxylation is 2. The van der Waals surface area contributed by atoms with E-state index in [1.54, 1.807) is 0 Å². The summed E-state index contributed by atoms with van der Waals surface area (Å²) in [5.41, 5.74) is 4.81. The number of benzene rings is 3. The van der Waals surface area contributed by atoms with Gasteiger partial charge in [0.15, 0.2) is 6.61 Å². The van der Waals surface area contributed by atoms with Crippen molar-refractivity contribution in [3.63, 3.8) is 0 Å². The van der Waals surface area contributed by atoms with Gasteiger partial charge in [-0.3, -0.25) is 4.79 Å². The zero-order chi connectivity index (χ0) is 24.3. The zero-order valence-electron chi connectivity index (χ0n) is 19.1. The van der Waals surface area contributed by atoms with E-state index in [0.29, 0.717) is 18.7 Å². The Hall–Kier alpha value is -3.49. The smallest absolute Gasteiger partial charge is 0.338 e. The molecular weight excluding hydrogens is 452 g/mol. The van der Waals surface area contributed by atoms with Crippen LogP contribution in [0, 0.1) is 13.8 Å². The Balaban J connectivity index is 1.41. The molecule has 176 valence electrons. The highest BCUT2D eigenvalue weighted by Crippen LogP contribution is 2.25. The van der Waals surface area contributed by atoms with E-state index >= 15 is 0 Å². The van der Waals surface area contributed by atoms with Crippen LogP contribution >= 0.6 is 0 Å². The minimum absolute atomic E-state index is 0.0148. The van der Waals surface area contributed by atoms with Gasteiger partial charge >= 0.3 is 5.97 Å². The minimum Gasteiger partial charge on any atom is -0.452 e. The minimum atomic E-state index is -3.79. The summed E-state index contributed by atoms with van der Waals surface area (Å²) in [7, 11) is -3.79. The molecule has 1 heterocycles. The summed E-state index contributed by atoms with van der Waals surface area (Å²) in [4.78, 5) is 24.7. The maximum atomic E-state index is 13.2. The molecule has 1 aliphatic heterocycles. The molecule has 4 rings (SSSR count). The molecule has 0 aliphatic carbocycles. The van der Waals surface area contributed by atoms with Gasteiger partial charge in [0, 0.05) is 18.8 Å². The van der Waals surface area contributed by atoms with Crippen LogP contribution in [-0.4, -0.2) is 37.8 Å². The molecular formula is C26H26N2O5S. The lowest BCUT2D eigenvalue weighted by atomic mass is 10.0. The third kappa shape index (κ3) is 5.35. The van der Waals surface area contributed by atoms with Gasteiger partial charge in [0.1, 0.15) is 0 Å². The molecule has 0 fully saturated rings. The maximum absolute atomic E-state index is 13.2. The van der Waals surface area contributed by atoms with Crippen molar-refractivity contribution in [3.05, 3.63) is 94.5 Å². The quantitative estimate of drug-likeness (QED) is 0.544. The average Bonchev–Trinajstić information content (AvgIpc) is 2.81. The fraction of sp³-hybridized carbons (Fsp3) is 0.231. The second-order valence-electron chi connectivity index (χ2n) is 8.39. The van der Waals surface area contributed by atoms with Gasteiger partial charge < -0.3 is 10.1 Å². The van der Waals surface area contributed by atoms with Gasteiger partial charge in [0.05, 0.1) is 10.5 Å². The number of ether oxygens (including phenoxy) is 1. The summed E-state index contributed by atoms with van der Waals surface area (Å²) in [6, 6.07) is 19.1. The Labute approximate surface area is 199 Å². The van der Waals surface area contributed by atoms with E-state index in [1.807, 2.05) is 56.3 Å². The molecule has 3 aromatic rings. The average molecular weight is 479 g/mol. The number of nitrogens with one attached hydrogen (secondary N) is 1. The molecule has 8 heteroatoms. The standard InChI is InChI=1S/C26H26N2O5S/c1-18-12-19(2)14-23(13-18)27-25(29)17-33-26(30)21-8-5-9-24(15-21)34(31,32)28-11-10-20-6-3-4-7-22(20)16-28/h3-9,12-15H,10-11,16-17H2,1-2H3,(H,27,29). The molecule has 0 radical (unpaired) electrons. The lowest BCUT2D eigenvalue weighted by Gasteiger charge is -2.28. The van der Waals surface area contributed by atoms with Gasteiger partial charge in [-0.25, -0.2) is 13.2 Å². The molecule has 0 saturated carbocycles. The molecule has 3 aromatic carbocycles. The highest BCUT2D eigenvalue weighted by atomic mass is 32.2. The number of esters is 1. The second-order valence-corrected chi connectivity index (χ2v) is 10.3. The number of amides is 1. The summed E-state index contributed by atoms with van der Waals surface area (Å²) in [6.07, 6.45) is 0.632. The van der Waals surface area contributed by atoms with Gasteiger partial charge in [-0.1, -0.05) is 36.4 Å². The molecule has 1 amide bonds. The Morgan fingerprint density at radius 3 is 2.38 bits per heavy atom. The van der Waals surface area contributed by atoms with Crippen LogP contribution in [0.2, 0.25) is 0 Å². The molecule has 0 aromatic heterocycles. The molecule has 1 aliphatic rings. The highest BCUT2D eigenvalue weighted by molar-refractivity contribution is 7.89. The van der Waals surface area contributed by atoms with Gasteiger partial charge in [0.2, 0.25) is 10.0 Å². The van der Waals surface area contributed by atoms with E-state index in [1.165, 1.54) is 28.6 Å². The fourth-order valence-corrected chi connectivity index (χ4v) is 5.53. The number of carbonyl (C=O) groups excluding carboxylic acids is 2. The summed E-state index contributed by atoms with van der Waals surface area (Å²) in [6.45, 7) is 4.02. The number of rotatable bonds is 6. The molecule has 0 unspecified atom stereocenters. The third-order valence-corrected chi connectivity index (χ3v) is 7.48. The van der Waals surface area contributed by atoms with E-state index < -0.39 is 28.5 Å². The number of fused-ring (bicyclic) bond motifs is 1. The summed E-state index contributed by atoms with van der Waals surface area (Å²) in [5.74, 6) is -1.24. The van der Waals surface area contributed by atoms with Crippen molar-refractivity contribution in [1.82, 2.24) is 4.31 Å². The van der Waals surface area contributed by atoms with E-state index in [0.717, 1.165) is 22.3 Å². The Morgan fingerprint density at radius 2 is 1.65 bits per heavy atom. The van der Waals surface area contributed by atoms with Crippen LogP contribution in [0.4, 0.5) is 5.69 Å². The summed E-state index contributed by atoms with van der Waals surface area (Å²) >= 11 is 0. The second kappa shape index (κ2) is 9.79. The fourth-order valence-electron chi connectivity index (χ4n) is 4.07. The first-order valence-electron chi connectivity index (χ1n) is 10.9. The molecule has 0 atom stereocenters. The SMILES string of the molecule is Cc1cc(C)cc(NC(=O)COC(=O)c2cccc(S(=O)(=O)N3CCc4ccccc4C3)c2)c1. The van der Waals surface area contributed by atoms with Crippen molar-refractivity contribution in [2.45, 2.75) is 31.7 Å². The van der Waals surface area contributed by atoms with Crippen molar-refractivity contribution in [3.8, 4) is 0 Å². The van der Waals surface area contributed by atoms with Gasteiger partial charge in [-0.05, 0) is 72.9 Å². The predicted octanol–water partition coefficient (Wildman–Crippen LogP) is 3.85. The normalized spacial score (nSPS) is 13.7. The number of hydrogen-bond acceptors (Lipinski definition) is 5. The van der Waals surface area contributed by atoms with Crippen molar-refractivity contribution < 1.29 is 22.7 Å². The number of anilines is 1. The van der Waals surface area contributed by atoms with Crippen molar-refractivity contribution in [2.24, 2.45) is 0 Å². The van der Waals surface area contributed by atoms with Gasteiger partial charge in [0.25, 0.3) is 5.91 Å². The zero-order valence-corrected chi connectivity index (χ0v) is 19.9. The van der Waals surface area contributed by atoms with Crippen LogP contribution in [0.5, 0.6) is 0 Å². The lowest BCUT2D eigenvalue weighted by molar-refractivity contribution is -0.119. The highest BCUT2D eigenvalue weighted by Gasteiger charge is 2.28. The van der Waals surface area contributed by atoms with Crippen LogP contribution < -0.4 is 5.32 Å². The molecule has 0 bridgehead atoms. The molecule has 34 heavy (non-hydrogen) atoms. The number of hydrogen-bond donors (Lipinski definition) is 1. The topological polar surface area (TPSA) is 92.8 Å². The lowest BCUT2D eigenvalue weighted by Crippen LogP contribution is -2.36. The summed E-state index contributed by atoms with van der Waals surface area (Å²) < 4.78 is 32.9. The van der Waals surface area contributed by atoms with E-state index in [9.17, 15) is 18.0 Å². The van der Waals surface area contributed by atoms with E-state index in [4.69, 9.17) is 4.74 Å². The van der Waals surface area contributed by atoms with Crippen LogP contribution in [0.3, 0.4) is 0 Å². The maximum Gasteiger partial charge on any atom is 0.338 e. The Morgan fingerprint density at radius 1 is 0.941 bits per heavy atom. The first-order chi connectivity index (χ1) is 16.2. The largest absolute Gasteiger partial charge is 0.452 e. The van der Waals surface area contributed by atoms with Crippen molar-refractivity contribution in [1.29, 1.82) is 0 Å². The van der Waals surface area contributed by atoms with Crippen LogP contribution in [0.1, 0.15) is 32.6 Å². The Kier molecular flexibility index (Phi) is 6.81. The van der Waals surface area contributed by atoms with Crippen molar-refractivity contribution in [2.75, 3.05) is 18.5 Å². The summed E-state index contributed by atoms with van der Waals surface area (Å²) in [5, 5.41) is 2.70. The van der Waals surface area contributed by atoms with E-state index in [2.05, 4.69) is 5.32 Å². The van der Waals surface area contributed by atoms with Crippen LogP contribution in [0.25, 0.3) is 0 Å². The monoisotopic (exact) mass is 478 g/mol. The van der Waals surface area contributed by atoms with Crippen LogP contribution in [-0.2, 0) is 32.5 Å². The van der Waals surface area contributed by atoms with Gasteiger partial charge in [-0.2, -0.15) is 4.31 Å². The van der Waals surface area contributed by atoms with Crippen LogP contribution in [0.15, 0.2) is 71.6 Å². The predicted molar refractivity (Wildman–Crippen MR) is 129 cm³/mol. The van der Waals surface area contributed by atoms with Crippen molar-refractivity contribution >= 4 is 27.6 Å². The number of sulfonamides is 1. The first kappa shape index (κ1) is 23.7. The number of nitrogens with zero attached hydrogens (tertiary/aromatic N) is 1. The molecule has 0 saturated heterocycles. The van der Waals surface area contributed by atoms with E-state index in [-0.39, 0.29) is 17.0 Å². The Bertz CT molecular complexity index is 1330. The first-order valence-corrected chi connectivity index (χ1v) is 12.4. The molecule has 1 N–H and O–H groups in total. The molecule has 0 spiro atoms. The molecule has 7 nitrogen and oxygen atoms in total. The number of carbonyl (C=O) groups is 2. The third-order valence-electron chi connectivity index (χ3n) is 5.64.